The first kappa shape index (κ1) is 35.6. The molecule has 10 nitrogen and oxygen atoms in total. The van der Waals surface area contributed by atoms with Crippen LogP contribution in [0.2, 0.25) is 0 Å². The van der Waals surface area contributed by atoms with Crippen molar-refractivity contribution >= 4 is 34.6 Å². The van der Waals surface area contributed by atoms with E-state index in [4.69, 9.17) is 9.47 Å². The van der Waals surface area contributed by atoms with Crippen LogP contribution in [0.25, 0.3) is 21.9 Å². The third kappa shape index (κ3) is 10.9. The molecule has 10 heteroatoms. The molecule has 0 aliphatic carbocycles. The van der Waals surface area contributed by atoms with Crippen LogP contribution in [0.1, 0.15) is 31.9 Å². The smallest absolute Gasteiger partial charge is 0.337 e. The van der Waals surface area contributed by atoms with Crippen molar-refractivity contribution in [1.29, 1.82) is 0 Å². The third-order valence-corrected chi connectivity index (χ3v) is 7.54. The van der Waals surface area contributed by atoms with Crippen molar-refractivity contribution in [3.05, 3.63) is 108 Å². The van der Waals surface area contributed by atoms with Gasteiger partial charge in [0, 0.05) is 19.9 Å². The van der Waals surface area contributed by atoms with Crippen LogP contribution in [0.5, 0.6) is 0 Å². The van der Waals surface area contributed by atoms with Gasteiger partial charge in [0.25, 0.3) is 0 Å². The molecule has 4 rings (SSSR count). The number of esters is 2. The number of aliphatic hydroxyl groups is 1. The van der Waals surface area contributed by atoms with Crippen LogP contribution >= 0.6 is 0 Å². The molecule has 3 amide bonds. The Balaban J connectivity index is 1.46. The van der Waals surface area contributed by atoms with Gasteiger partial charge in [-0.15, -0.1) is 0 Å². The van der Waals surface area contributed by atoms with E-state index in [1.54, 1.807) is 12.1 Å². The van der Waals surface area contributed by atoms with Gasteiger partial charge in [-0.1, -0.05) is 105 Å². The van der Waals surface area contributed by atoms with E-state index in [2.05, 4.69) is 41.0 Å². The fraction of sp³-hybridized carbons (Fsp3) is 0.316. The molecule has 3 N–H and O–H groups in total. The van der Waals surface area contributed by atoms with Gasteiger partial charge in [0.1, 0.15) is 19.3 Å². The Morgan fingerprint density at radius 1 is 0.750 bits per heavy atom. The number of aliphatic hydroxyl groups excluding tert-OH is 1. The van der Waals surface area contributed by atoms with Crippen molar-refractivity contribution in [2.24, 2.45) is 5.92 Å². The van der Waals surface area contributed by atoms with Gasteiger partial charge < -0.3 is 30.1 Å². The lowest BCUT2D eigenvalue weighted by Crippen LogP contribution is -2.52. The van der Waals surface area contributed by atoms with Gasteiger partial charge in [-0.05, 0) is 45.0 Å². The molecule has 0 radical (unpaired) electrons. The van der Waals surface area contributed by atoms with E-state index in [1.165, 1.54) is 11.8 Å². The van der Waals surface area contributed by atoms with Crippen molar-refractivity contribution in [3.8, 4) is 11.1 Å². The number of ether oxygens (including phenoxy) is 2. The summed E-state index contributed by atoms with van der Waals surface area (Å²) >= 11 is 0. The van der Waals surface area contributed by atoms with Gasteiger partial charge in [-0.25, -0.2) is 14.4 Å². The minimum absolute atomic E-state index is 0.00556. The molecule has 2 atom stereocenters. The minimum atomic E-state index is -1.59. The van der Waals surface area contributed by atoms with Crippen molar-refractivity contribution in [3.63, 3.8) is 0 Å². The zero-order valence-electron chi connectivity index (χ0n) is 27.6. The first-order valence-electron chi connectivity index (χ1n) is 16.0. The van der Waals surface area contributed by atoms with Crippen LogP contribution < -0.4 is 10.6 Å². The highest BCUT2D eigenvalue weighted by Crippen LogP contribution is 2.25. The maximum atomic E-state index is 13.6. The second kappa shape index (κ2) is 17.6. The Labute approximate surface area is 281 Å². The molecule has 0 saturated heterocycles. The van der Waals surface area contributed by atoms with Crippen LogP contribution in [-0.4, -0.2) is 72.3 Å². The lowest BCUT2D eigenvalue weighted by Gasteiger charge is -2.28. The SMILES string of the molecule is CC(=O)NCCOC(=O)[C@H](Cc1ccc(-c2ccc3ccccc3c2)cc1)NC(=O)N(CC(C)C)C[C@H](O)C(=O)OCc1ccccc1. The van der Waals surface area contributed by atoms with Gasteiger partial charge in [0.05, 0.1) is 13.1 Å². The summed E-state index contributed by atoms with van der Waals surface area (Å²) < 4.78 is 10.7. The molecule has 0 aliphatic heterocycles. The highest BCUT2D eigenvalue weighted by molar-refractivity contribution is 5.87. The number of amides is 3. The van der Waals surface area contributed by atoms with Crippen LogP contribution in [-0.2, 0) is 36.9 Å². The van der Waals surface area contributed by atoms with Crippen molar-refractivity contribution in [1.82, 2.24) is 15.5 Å². The second-order valence-electron chi connectivity index (χ2n) is 12.0. The number of benzene rings is 4. The van der Waals surface area contributed by atoms with Crippen molar-refractivity contribution in [2.75, 3.05) is 26.2 Å². The van der Waals surface area contributed by atoms with E-state index in [-0.39, 0.29) is 51.1 Å². The molecule has 0 spiro atoms. The molecule has 252 valence electrons. The number of urea groups is 1. The second-order valence-corrected chi connectivity index (χ2v) is 12.0. The van der Waals surface area contributed by atoms with Gasteiger partial charge in [-0.3, -0.25) is 4.79 Å². The maximum Gasteiger partial charge on any atom is 0.337 e. The summed E-state index contributed by atoms with van der Waals surface area (Å²) in [4.78, 5) is 51.9. The van der Waals surface area contributed by atoms with Gasteiger partial charge in [0.15, 0.2) is 6.10 Å². The van der Waals surface area contributed by atoms with Crippen LogP contribution in [0.4, 0.5) is 4.79 Å². The summed E-state index contributed by atoms with van der Waals surface area (Å²) in [7, 11) is 0. The number of carbonyl (C=O) groups is 4. The van der Waals surface area contributed by atoms with E-state index in [0.717, 1.165) is 33.0 Å². The molecule has 4 aromatic rings. The largest absolute Gasteiger partial charge is 0.462 e. The number of carbonyl (C=O) groups excluding carboxylic acids is 4. The predicted molar refractivity (Wildman–Crippen MR) is 184 cm³/mol. The van der Waals surface area contributed by atoms with Crippen LogP contribution in [0, 0.1) is 5.92 Å². The minimum Gasteiger partial charge on any atom is -0.462 e. The Morgan fingerprint density at radius 3 is 2.10 bits per heavy atom. The first-order chi connectivity index (χ1) is 23.1. The van der Waals surface area contributed by atoms with Crippen LogP contribution in [0.3, 0.4) is 0 Å². The number of hydrogen-bond donors (Lipinski definition) is 3. The third-order valence-electron chi connectivity index (χ3n) is 7.54. The summed E-state index contributed by atoms with van der Waals surface area (Å²) in [5.74, 6) is -1.80. The van der Waals surface area contributed by atoms with Gasteiger partial charge >= 0.3 is 18.0 Å². The summed E-state index contributed by atoms with van der Waals surface area (Å²) in [6.07, 6.45) is -1.47. The summed E-state index contributed by atoms with van der Waals surface area (Å²) in [5.41, 5.74) is 3.59. The number of fused-ring (bicyclic) bond motifs is 1. The molecule has 0 aliphatic rings. The number of nitrogens with one attached hydrogen (secondary N) is 2. The quantitative estimate of drug-likeness (QED) is 0.123. The Kier molecular flexibility index (Phi) is 13.1. The Bertz CT molecular complexity index is 1680. The lowest BCUT2D eigenvalue weighted by atomic mass is 9.98. The van der Waals surface area contributed by atoms with E-state index in [1.807, 2.05) is 68.4 Å². The van der Waals surface area contributed by atoms with Crippen molar-refractivity contribution in [2.45, 2.75) is 45.9 Å². The molecular weight excluding hydrogens is 610 g/mol. The fourth-order valence-electron chi connectivity index (χ4n) is 5.14. The first-order valence-corrected chi connectivity index (χ1v) is 16.0. The summed E-state index contributed by atoms with van der Waals surface area (Å²) in [6.45, 7) is 5.06. The Morgan fingerprint density at radius 2 is 1.42 bits per heavy atom. The topological polar surface area (TPSA) is 134 Å². The molecule has 0 unspecified atom stereocenters. The number of hydrogen-bond acceptors (Lipinski definition) is 7. The number of nitrogens with zero attached hydrogens (tertiary/aromatic N) is 1. The van der Waals surface area contributed by atoms with E-state index < -0.39 is 30.1 Å². The predicted octanol–water partition coefficient (Wildman–Crippen LogP) is 4.87. The molecule has 0 saturated carbocycles. The zero-order chi connectivity index (χ0) is 34.5. The fourth-order valence-corrected chi connectivity index (χ4v) is 5.14. The van der Waals surface area contributed by atoms with E-state index in [0.29, 0.717) is 0 Å². The molecule has 0 heterocycles. The highest BCUT2D eigenvalue weighted by atomic mass is 16.5. The molecule has 0 bridgehead atoms. The zero-order valence-corrected chi connectivity index (χ0v) is 27.6. The number of rotatable bonds is 15. The van der Waals surface area contributed by atoms with Crippen molar-refractivity contribution < 1.29 is 33.8 Å². The monoisotopic (exact) mass is 653 g/mol. The Hall–Kier alpha value is -5.22. The standard InChI is InChI=1S/C38H43N3O7/c1-26(2)23-41(24-35(43)37(45)48-25-29-9-5-4-6-10-29)38(46)40-34(36(44)47-20-19-39-27(3)42)21-28-13-15-31(16-14-28)33-18-17-30-11-7-8-12-32(30)22-33/h4-18,22,26,34-35,43H,19-21,23-25H2,1-3H3,(H,39,42)(H,40,46)/t34-,35-/m0/s1. The van der Waals surface area contributed by atoms with E-state index >= 15 is 0 Å². The molecule has 0 aromatic heterocycles. The van der Waals surface area contributed by atoms with Gasteiger partial charge in [-0.2, -0.15) is 0 Å². The van der Waals surface area contributed by atoms with Crippen LogP contribution in [0.15, 0.2) is 97.1 Å². The lowest BCUT2D eigenvalue weighted by molar-refractivity contribution is -0.155. The van der Waals surface area contributed by atoms with Gasteiger partial charge in [0.2, 0.25) is 5.91 Å². The molecular formula is C38H43N3O7. The summed E-state index contributed by atoms with van der Waals surface area (Å²) in [5, 5.41) is 18.3. The maximum absolute atomic E-state index is 13.6. The molecule has 4 aromatic carbocycles. The molecule has 48 heavy (non-hydrogen) atoms. The normalized spacial score (nSPS) is 12.2. The highest BCUT2D eigenvalue weighted by Gasteiger charge is 2.29. The summed E-state index contributed by atoms with van der Waals surface area (Å²) in [6, 6.07) is 29.4. The molecule has 0 fully saturated rings. The average molecular weight is 654 g/mol. The van der Waals surface area contributed by atoms with E-state index in [9.17, 15) is 24.3 Å². The average Bonchev–Trinajstić information content (AvgIpc) is 3.08.